The Hall–Kier alpha value is 38.8. The Morgan fingerprint density at radius 1 is 0.192 bits per heavy atom. The van der Waals surface area contributed by atoms with Crippen LogP contribution in [0.4, 0.5) is 0 Å². The number of hydrogen-bond acceptors (Lipinski definition) is 5. The van der Waals surface area contributed by atoms with E-state index in [1.807, 2.05) is 0 Å². The number of carbonyl (C=O) groups excluding carboxylic acids is 2. The molecule has 1 unspecified atom stereocenters. The van der Waals surface area contributed by atoms with Crippen LogP contribution in [0.25, 0.3) is 0 Å². The molecule has 0 bridgehead atoms. The first-order chi connectivity index (χ1) is 4.04. The van der Waals surface area contributed by atoms with Crippen LogP contribution >= 0.6 is 0 Å². The van der Waals surface area contributed by atoms with Gasteiger partial charge in [-0.05, 0) is 0 Å². The molecule has 0 aliphatic carbocycles. The summed E-state index contributed by atoms with van der Waals surface area (Å²) in [5, 5.41) is 19.3. The SMILES string of the molecule is NC(CC(=O)[O-])C(=O)[O-].[Zn].[Zn].[Zn].[Zn].[Zn].[Zn].[Zn].[Zn].[Zn].[Zn].[Zn].[Zn].[Zn].[Zn].[Zn].[Zn].[Zn].[Zn].[Zn].[Zn].[Zn].[Zn].[Zn].[Zn].[Zn].[Zn].[Zn].[Zn].[Zn].[Zn].[Zn].[Zn].[Zn].[Zn].[Zn].[Zn].[Zn].[Zn].[Zn].[Zn].[Zn].[Zn].[Zn].[Zn].[Zn].[Zn].[Zn].[Zn].[Zn].[Zn].[Zn].[Zn].[Zn].[Zn].[Zn].[Zn].[Zn].[Zn].[Zn].[Zn].[Zn].[Zn].[Zn].[Zn]. The largest absolute Gasteiger partial charge is 0.550 e. The summed E-state index contributed by atoms with van der Waals surface area (Å²) in [4.78, 5) is 19.3. The quantitative estimate of drug-likeness (QED) is 0.291. The van der Waals surface area contributed by atoms with E-state index in [4.69, 9.17) is 5.73 Å². The third kappa shape index (κ3) is 599. The summed E-state index contributed by atoms with van der Waals surface area (Å²) in [5.41, 5.74) is 4.73. The van der Waals surface area contributed by atoms with E-state index in [-0.39, 0.29) is 1250 Å². The van der Waals surface area contributed by atoms with Gasteiger partial charge in [-0.15, -0.1) is 0 Å². The second-order valence-corrected chi connectivity index (χ2v) is 1.50. The van der Waals surface area contributed by atoms with E-state index in [9.17, 15) is 19.8 Å². The monoisotopic (exact) mass is 4220 g/mol. The second kappa shape index (κ2) is 561. The molecule has 180 valence electrons. The maximum atomic E-state index is 9.71. The number of carbonyl (C=O) groups is 2. The number of carboxylic acids is 2. The van der Waals surface area contributed by atoms with Gasteiger partial charge in [-0.3, -0.25) is 0 Å². The summed E-state index contributed by atoms with van der Waals surface area (Å²) in [7, 11) is 0. The van der Waals surface area contributed by atoms with Gasteiger partial charge in [0.2, 0.25) is 0 Å². The van der Waals surface area contributed by atoms with E-state index in [1.165, 1.54) is 0 Å². The Morgan fingerprint density at radius 3 is 0.260 bits per heavy atom. The standard InChI is InChI=1S/C4H7NO4.64Zn/c5-2(4(8)9)1-3(6)7;;;;;;;;;;;;;;;;;;;;;;;;;;;;;;;;;;;;;;;;;;;;;;;;;;;;;;;;;;;;;;;;/h2H,1,5H2,(H,6,7)(H,8,9);;;;;;;;;;;;;;;;;;;;;;;;;;;;;;;;;;;;;;;;;;;;;;;;;;;;;;;;;;;;;;;;/p-2. The first-order valence-corrected chi connectivity index (χ1v) is 2.20. The Labute approximate surface area is 1260 Å². The number of nitrogens with two attached hydrogens (primary N) is 1. The molecule has 0 saturated heterocycles. The van der Waals surface area contributed by atoms with Crippen LogP contribution in [0, 0.1) is 0 Å². The van der Waals surface area contributed by atoms with Crippen molar-refractivity contribution in [2.75, 3.05) is 0 Å². The van der Waals surface area contributed by atoms with Crippen LogP contribution in [-0.2, 0) is 1260 Å². The van der Waals surface area contributed by atoms with Crippen molar-refractivity contribution < 1.29 is 1270 Å². The Bertz CT molecular complexity index is 172. The summed E-state index contributed by atoms with van der Waals surface area (Å²) in [5.74, 6) is -3.08. The first kappa shape index (κ1) is 627. The molecule has 0 rings (SSSR count). The molecule has 0 aliphatic heterocycles. The van der Waals surface area contributed by atoms with Gasteiger partial charge in [0.25, 0.3) is 0 Å². The predicted molar refractivity (Wildman–Crippen MR) is 22.6 cm³/mol. The van der Waals surface area contributed by atoms with Gasteiger partial charge < -0.3 is 25.5 Å². The van der Waals surface area contributed by atoms with Gasteiger partial charge in [0.1, 0.15) is 0 Å². The summed E-state index contributed by atoms with van der Waals surface area (Å²) >= 11 is 0. The maximum Gasteiger partial charge on any atom is 0.0586 e. The normalized spacial score (nSPS) is 1.55. The third-order valence-electron chi connectivity index (χ3n) is 0.689. The van der Waals surface area contributed by atoms with Crippen LogP contribution in [0.15, 0.2) is 0 Å². The number of carboxylic acid groups (broad SMARTS) is 2. The molecule has 0 spiro atoms. The molecule has 0 aromatic heterocycles. The van der Waals surface area contributed by atoms with Gasteiger partial charge in [-0.25, -0.2) is 0 Å². The summed E-state index contributed by atoms with van der Waals surface area (Å²) in [6.45, 7) is 0. The second-order valence-electron chi connectivity index (χ2n) is 1.50. The van der Waals surface area contributed by atoms with Crippen LogP contribution in [0.3, 0.4) is 0 Å². The third-order valence-corrected chi connectivity index (χ3v) is 0.689. The Kier molecular flexibility index (Phi) is 4820. The van der Waals surface area contributed by atoms with E-state index in [2.05, 4.69) is 0 Å². The molecule has 0 saturated carbocycles. The van der Waals surface area contributed by atoms with Crippen molar-refractivity contribution in [3.8, 4) is 0 Å². The minimum Gasteiger partial charge on any atom is -0.550 e. The van der Waals surface area contributed by atoms with Crippen LogP contribution in [-0.4, -0.2) is 18.0 Å². The minimum atomic E-state index is -1.58. The summed E-state index contributed by atoms with van der Waals surface area (Å²) < 4.78 is 0. The zero-order valence-electron chi connectivity index (χ0n) is 49.7. The molecule has 0 aromatic rings. The molecular formula is C4H5NO4Zn64-2. The molecule has 2 N–H and O–H groups in total. The molecule has 0 aromatic carbocycles. The molecule has 0 amide bonds. The van der Waals surface area contributed by atoms with Gasteiger partial charge in [0.15, 0.2) is 0 Å². The van der Waals surface area contributed by atoms with Crippen molar-refractivity contribution in [1.82, 2.24) is 0 Å². The van der Waals surface area contributed by atoms with Crippen LogP contribution in [0.5, 0.6) is 0 Å². The van der Waals surface area contributed by atoms with Gasteiger partial charge in [0.05, 0.1) is 5.97 Å². The van der Waals surface area contributed by atoms with Crippen molar-refractivity contribution in [2.24, 2.45) is 5.73 Å². The Morgan fingerprint density at radius 2 is 0.247 bits per heavy atom. The van der Waals surface area contributed by atoms with E-state index in [1.54, 1.807) is 0 Å². The van der Waals surface area contributed by atoms with Gasteiger partial charge in [-0.2, -0.15) is 0 Å². The first-order valence-electron chi connectivity index (χ1n) is 2.20. The zero-order valence-corrected chi connectivity index (χ0v) is 240. The average Bonchev–Trinajstić information content (AvgIpc) is 1.63. The topological polar surface area (TPSA) is 106 Å². The molecule has 0 radical (unpaired) electrons. The van der Waals surface area contributed by atoms with E-state index in [0.717, 1.165) is 0 Å². The minimum absolute atomic E-state index is 0. The van der Waals surface area contributed by atoms with E-state index < -0.39 is 24.4 Å². The zero-order chi connectivity index (χ0) is 7.44. The molecule has 5 nitrogen and oxygen atoms in total. The van der Waals surface area contributed by atoms with Crippen LogP contribution in [0.1, 0.15) is 6.42 Å². The van der Waals surface area contributed by atoms with Crippen molar-refractivity contribution in [3.63, 3.8) is 0 Å². The fourth-order valence-electron chi connectivity index (χ4n) is 0.263. The molecule has 1 atom stereocenters. The molecule has 0 heterocycles. The Balaban J connectivity index is -0.000000000159. The fourth-order valence-corrected chi connectivity index (χ4v) is 0.263. The van der Waals surface area contributed by atoms with E-state index >= 15 is 0 Å². The number of rotatable bonds is 3. The predicted octanol–water partition coefficient (Wildman–Crippen LogP) is -3.96. The molecule has 0 aliphatic rings. The van der Waals surface area contributed by atoms with E-state index in [0.29, 0.717) is 0 Å². The van der Waals surface area contributed by atoms with Crippen molar-refractivity contribution in [1.29, 1.82) is 0 Å². The van der Waals surface area contributed by atoms with Crippen LogP contribution in [0.2, 0.25) is 0 Å². The van der Waals surface area contributed by atoms with Gasteiger partial charge in [-0.1, -0.05) is 0 Å². The van der Waals surface area contributed by atoms with Gasteiger partial charge >= 0.3 is 0 Å². The fraction of sp³-hybridized carbons (Fsp3) is 0.500. The summed E-state index contributed by atoms with van der Waals surface area (Å²) in [6.07, 6.45) is -0.706. The molecule has 69 heteroatoms. The maximum absolute atomic E-state index is 9.71. The smallest absolute Gasteiger partial charge is 0.0586 e. The number of aliphatic carboxylic acids is 2. The molecule has 0 fully saturated rings. The van der Waals surface area contributed by atoms with Crippen molar-refractivity contribution in [3.05, 3.63) is 0 Å². The molecular weight excluding hydrogens is 4310 g/mol. The average molecular weight is 4320 g/mol. The van der Waals surface area contributed by atoms with Crippen molar-refractivity contribution >= 4 is 11.9 Å². The molecule has 73 heavy (non-hydrogen) atoms. The van der Waals surface area contributed by atoms with Gasteiger partial charge in [0, 0.05) is 1270 Å². The van der Waals surface area contributed by atoms with Crippen molar-refractivity contribution in [2.45, 2.75) is 12.5 Å². The number of hydrogen-bond donors (Lipinski definition) is 1. The summed E-state index contributed by atoms with van der Waals surface area (Å²) in [6, 6.07) is -1.46. The van der Waals surface area contributed by atoms with Crippen LogP contribution < -0.4 is 15.9 Å².